The molecule has 0 bridgehead atoms. The molecular formula is C19H29ClN4O5S. The summed E-state index contributed by atoms with van der Waals surface area (Å²) in [5, 5.41) is 3.27. The molecule has 1 fully saturated rings. The van der Waals surface area contributed by atoms with Crippen LogP contribution in [0.15, 0.2) is 29.2 Å². The van der Waals surface area contributed by atoms with Gasteiger partial charge in [0.25, 0.3) is 0 Å². The van der Waals surface area contributed by atoms with E-state index in [1.807, 2.05) is 4.90 Å². The summed E-state index contributed by atoms with van der Waals surface area (Å²) in [6.07, 6.45) is 0.758. The van der Waals surface area contributed by atoms with Crippen molar-refractivity contribution in [2.45, 2.75) is 24.3 Å². The van der Waals surface area contributed by atoms with E-state index in [0.717, 1.165) is 6.42 Å². The zero-order valence-corrected chi connectivity index (χ0v) is 18.8. The molecule has 2 N–H and O–H groups in total. The van der Waals surface area contributed by atoms with Crippen LogP contribution < -0.4 is 10.0 Å². The highest BCUT2D eigenvalue weighted by molar-refractivity contribution is 7.89. The van der Waals surface area contributed by atoms with Crippen LogP contribution in [0.25, 0.3) is 0 Å². The third kappa shape index (κ3) is 7.51. The Hall–Kier alpha value is -1.72. The number of benzene rings is 1. The largest absolute Gasteiger partial charge is 0.385 e. The van der Waals surface area contributed by atoms with Crippen molar-refractivity contribution in [3.63, 3.8) is 0 Å². The predicted octanol–water partition coefficient (Wildman–Crippen LogP) is 0.304. The van der Waals surface area contributed by atoms with E-state index < -0.39 is 16.1 Å². The van der Waals surface area contributed by atoms with E-state index in [-0.39, 0.29) is 23.3 Å². The van der Waals surface area contributed by atoms with Crippen LogP contribution >= 0.6 is 11.6 Å². The number of nitrogens with one attached hydrogen (secondary N) is 2. The maximum atomic E-state index is 12.7. The Morgan fingerprint density at radius 2 is 1.80 bits per heavy atom. The molecule has 2 rings (SSSR count). The molecule has 1 aliphatic rings. The van der Waals surface area contributed by atoms with Gasteiger partial charge in [0, 0.05) is 51.5 Å². The quantitative estimate of drug-likeness (QED) is 0.486. The first kappa shape index (κ1) is 24.5. The molecule has 1 saturated heterocycles. The standard InChI is InChI=1S/C19H29ClN4O5S/c1-15(22-30(27,28)17-6-4-16(20)5-7-17)19(26)24-11-9-23(10-12-24)14-18(25)21-8-3-13-29-2/h4-7,15,22H,3,8-14H2,1-2H3,(H,21,25)/t15-/m0/s1. The van der Waals surface area contributed by atoms with Crippen LogP contribution in [0.3, 0.4) is 0 Å². The molecule has 1 aromatic rings. The Balaban J connectivity index is 1.79. The van der Waals surface area contributed by atoms with Crippen molar-refractivity contribution >= 4 is 33.4 Å². The lowest BCUT2D eigenvalue weighted by Crippen LogP contribution is -2.55. The van der Waals surface area contributed by atoms with E-state index >= 15 is 0 Å². The Bertz CT molecular complexity index is 811. The summed E-state index contributed by atoms with van der Waals surface area (Å²) in [5.41, 5.74) is 0. The molecule has 0 aromatic heterocycles. The number of halogens is 1. The van der Waals surface area contributed by atoms with Crippen LogP contribution in [0.5, 0.6) is 0 Å². The summed E-state index contributed by atoms with van der Waals surface area (Å²) in [6, 6.07) is 4.84. The molecule has 168 valence electrons. The number of carbonyl (C=O) groups excluding carboxylic acids is 2. The molecule has 9 nitrogen and oxygen atoms in total. The van der Waals surface area contributed by atoms with Gasteiger partial charge in [-0.2, -0.15) is 4.72 Å². The fourth-order valence-corrected chi connectivity index (χ4v) is 4.39. The predicted molar refractivity (Wildman–Crippen MR) is 114 cm³/mol. The van der Waals surface area contributed by atoms with Crippen LogP contribution in [0, 0.1) is 0 Å². The molecule has 0 radical (unpaired) electrons. The molecule has 1 aromatic carbocycles. The minimum Gasteiger partial charge on any atom is -0.385 e. The van der Waals surface area contributed by atoms with Crippen molar-refractivity contribution in [2.75, 3.05) is 53.0 Å². The number of piperazine rings is 1. The highest BCUT2D eigenvalue weighted by Crippen LogP contribution is 2.15. The summed E-state index contributed by atoms with van der Waals surface area (Å²) in [7, 11) is -2.21. The first-order valence-corrected chi connectivity index (χ1v) is 11.6. The van der Waals surface area contributed by atoms with Crippen LogP contribution in [0.2, 0.25) is 5.02 Å². The number of ether oxygens (including phenoxy) is 1. The Labute approximate surface area is 182 Å². The zero-order valence-electron chi connectivity index (χ0n) is 17.3. The normalized spacial score (nSPS) is 16.3. The van der Waals surface area contributed by atoms with Crippen LogP contribution in [-0.2, 0) is 24.3 Å². The van der Waals surface area contributed by atoms with E-state index in [1.54, 1.807) is 12.0 Å². The topological polar surface area (TPSA) is 108 Å². The van der Waals surface area contributed by atoms with E-state index in [0.29, 0.717) is 44.4 Å². The van der Waals surface area contributed by atoms with Crippen molar-refractivity contribution in [3.05, 3.63) is 29.3 Å². The van der Waals surface area contributed by atoms with E-state index in [4.69, 9.17) is 16.3 Å². The number of methoxy groups -OCH3 is 1. The smallest absolute Gasteiger partial charge is 0.241 e. The van der Waals surface area contributed by atoms with Gasteiger partial charge in [-0.15, -0.1) is 0 Å². The van der Waals surface area contributed by atoms with Crippen LogP contribution in [-0.4, -0.2) is 89.1 Å². The van der Waals surface area contributed by atoms with Gasteiger partial charge in [0.2, 0.25) is 21.8 Å². The van der Waals surface area contributed by atoms with Gasteiger partial charge < -0.3 is 15.0 Å². The lowest BCUT2D eigenvalue weighted by atomic mass is 10.2. The molecule has 2 amide bonds. The summed E-state index contributed by atoms with van der Waals surface area (Å²) < 4.78 is 32.3. The molecule has 0 unspecified atom stereocenters. The number of rotatable bonds is 10. The molecule has 1 aliphatic heterocycles. The lowest BCUT2D eigenvalue weighted by Gasteiger charge is -2.35. The Morgan fingerprint density at radius 1 is 1.17 bits per heavy atom. The van der Waals surface area contributed by atoms with E-state index in [2.05, 4.69) is 10.0 Å². The van der Waals surface area contributed by atoms with E-state index in [1.165, 1.54) is 31.2 Å². The SMILES string of the molecule is COCCCNC(=O)CN1CCN(C(=O)[C@H](C)NS(=O)(=O)c2ccc(Cl)cc2)CC1. The van der Waals surface area contributed by atoms with Gasteiger partial charge in [-0.3, -0.25) is 14.5 Å². The maximum Gasteiger partial charge on any atom is 0.241 e. The van der Waals surface area contributed by atoms with Crippen molar-refractivity contribution < 1.29 is 22.7 Å². The van der Waals surface area contributed by atoms with Crippen molar-refractivity contribution in [1.82, 2.24) is 19.8 Å². The van der Waals surface area contributed by atoms with Gasteiger partial charge in [-0.1, -0.05) is 11.6 Å². The highest BCUT2D eigenvalue weighted by atomic mass is 35.5. The van der Waals surface area contributed by atoms with Gasteiger partial charge in [0.05, 0.1) is 17.5 Å². The molecule has 0 spiro atoms. The summed E-state index contributed by atoms with van der Waals surface area (Å²) in [6.45, 7) is 4.92. The first-order chi connectivity index (χ1) is 14.2. The molecule has 1 heterocycles. The Kier molecular flexibility index (Phi) is 9.50. The maximum absolute atomic E-state index is 12.7. The second-order valence-corrected chi connectivity index (χ2v) is 9.25. The minimum atomic E-state index is -3.83. The summed E-state index contributed by atoms with van der Waals surface area (Å²) in [4.78, 5) is 28.2. The van der Waals surface area contributed by atoms with Gasteiger partial charge in [0.1, 0.15) is 0 Å². The molecule has 0 saturated carbocycles. The number of sulfonamides is 1. The summed E-state index contributed by atoms with van der Waals surface area (Å²) in [5.74, 6) is -0.355. The fraction of sp³-hybridized carbons (Fsp3) is 0.579. The Morgan fingerprint density at radius 3 is 2.40 bits per heavy atom. The first-order valence-electron chi connectivity index (χ1n) is 9.77. The summed E-state index contributed by atoms with van der Waals surface area (Å²) >= 11 is 5.79. The van der Waals surface area contributed by atoms with E-state index in [9.17, 15) is 18.0 Å². The third-order valence-corrected chi connectivity index (χ3v) is 6.53. The zero-order chi connectivity index (χ0) is 22.1. The van der Waals surface area contributed by atoms with Crippen LogP contribution in [0.1, 0.15) is 13.3 Å². The number of amides is 2. The molecule has 11 heteroatoms. The average Bonchev–Trinajstić information content (AvgIpc) is 2.71. The lowest BCUT2D eigenvalue weighted by molar-refractivity contribution is -0.134. The number of hydrogen-bond acceptors (Lipinski definition) is 6. The van der Waals surface area contributed by atoms with Gasteiger partial charge >= 0.3 is 0 Å². The minimum absolute atomic E-state index is 0.0490. The molecule has 0 aliphatic carbocycles. The fourth-order valence-electron chi connectivity index (χ4n) is 3.07. The van der Waals surface area contributed by atoms with Crippen LogP contribution in [0.4, 0.5) is 0 Å². The highest BCUT2D eigenvalue weighted by Gasteiger charge is 2.28. The molecular weight excluding hydrogens is 432 g/mol. The molecule has 1 atom stereocenters. The third-order valence-electron chi connectivity index (χ3n) is 4.72. The molecule has 30 heavy (non-hydrogen) atoms. The van der Waals surface area contributed by atoms with Gasteiger partial charge in [0.15, 0.2) is 0 Å². The number of nitrogens with zero attached hydrogens (tertiary/aromatic N) is 2. The second kappa shape index (κ2) is 11.6. The van der Waals surface area contributed by atoms with Crippen molar-refractivity contribution in [2.24, 2.45) is 0 Å². The van der Waals surface area contributed by atoms with Gasteiger partial charge in [-0.25, -0.2) is 8.42 Å². The number of carbonyl (C=O) groups is 2. The van der Waals surface area contributed by atoms with Gasteiger partial charge in [-0.05, 0) is 37.6 Å². The number of hydrogen-bond donors (Lipinski definition) is 2. The van der Waals surface area contributed by atoms with Crippen molar-refractivity contribution in [3.8, 4) is 0 Å². The van der Waals surface area contributed by atoms with Crippen molar-refractivity contribution in [1.29, 1.82) is 0 Å². The average molecular weight is 461 g/mol. The monoisotopic (exact) mass is 460 g/mol. The second-order valence-electron chi connectivity index (χ2n) is 7.09.